The molecule has 0 bridgehead atoms. The Bertz CT molecular complexity index is 454. The molecule has 1 saturated heterocycles. The number of hydrogen-bond donors (Lipinski definition) is 4. The van der Waals surface area contributed by atoms with E-state index in [2.05, 4.69) is 10.6 Å². The lowest BCUT2D eigenvalue weighted by Crippen LogP contribution is -2.49. The van der Waals surface area contributed by atoms with Crippen LogP contribution in [0.4, 0.5) is 0 Å². The maximum atomic E-state index is 12.0. The van der Waals surface area contributed by atoms with Gasteiger partial charge in [0.1, 0.15) is 12.6 Å². The van der Waals surface area contributed by atoms with E-state index in [0.717, 1.165) is 6.42 Å². The second-order valence-electron chi connectivity index (χ2n) is 5.10. The van der Waals surface area contributed by atoms with E-state index in [9.17, 15) is 19.2 Å². The van der Waals surface area contributed by atoms with Crippen molar-refractivity contribution in [3.8, 4) is 0 Å². The molecular formula is C13H21N5O4. The Morgan fingerprint density at radius 1 is 1.41 bits per heavy atom. The van der Waals surface area contributed by atoms with Crippen molar-refractivity contribution in [2.75, 3.05) is 19.6 Å². The summed E-state index contributed by atoms with van der Waals surface area (Å²) in [6.45, 7) is 0.732. The molecule has 0 aliphatic carbocycles. The molecule has 9 nitrogen and oxygen atoms in total. The Morgan fingerprint density at radius 3 is 2.73 bits per heavy atom. The molecule has 22 heavy (non-hydrogen) atoms. The summed E-state index contributed by atoms with van der Waals surface area (Å²) in [6, 6.07) is -0.871. The molecule has 1 aliphatic rings. The van der Waals surface area contributed by atoms with Crippen LogP contribution in [0.3, 0.4) is 0 Å². The molecule has 0 spiro atoms. The van der Waals surface area contributed by atoms with Gasteiger partial charge in [0, 0.05) is 19.5 Å². The number of guanidine groups is 1. The first kappa shape index (κ1) is 17.6. The number of nitrogens with zero attached hydrogens (tertiary/aromatic N) is 1. The highest BCUT2D eigenvalue weighted by Crippen LogP contribution is 2.15. The van der Waals surface area contributed by atoms with Gasteiger partial charge in [-0.25, -0.2) is 0 Å². The van der Waals surface area contributed by atoms with Crippen LogP contribution >= 0.6 is 0 Å². The van der Waals surface area contributed by atoms with Crippen LogP contribution in [0.25, 0.3) is 0 Å². The molecule has 2 amide bonds. The molecule has 0 aromatic heterocycles. The molecule has 0 radical (unpaired) electrons. The lowest BCUT2D eigenvalue weighted by molar-refractivity contribution is -0.130. The third kappa shape index (κ3) is 5.51. The molecule has 1 unspecified atom stereocenters. The summed E-state index contributed by atoms with van der Waals surface area (Å²) in [5, 5.41) is 12.2. The zero-order chi connectivity index (χ0) is 16.5. The van der Waals surface area contributed by atoms with Gasteiger partial charge in [0.15, 0.2) is 5.96 Å². The van der Waals surface area contributed by atoms with E-state index in [0.29, 0.717) is 32.1 Å². The normalized spacial score (nSPS) is 18.9. The quantitative estimate of drug-likeness (QED) is 0.242. The van der Waals surface area contributed by atoms with E-state index >= 15 is 0 Å². The van der Waals surface area contributed by atoms with Gasteiger partial charge in [0.25, 0.3) is 0 Å². The number of nitrogens with two attached hydrogens (primary N) is 1. The van der Waals surface area contributed by atoms with Crippen molar-refractivity contribution in [1.82, 2.24) is 15.5 Å². The Kier molecular flexibility index (Phi) is 7.00. The highest BCUT2D eigenvalue weighted by atomic mass is 16.2. The zero-order valence-electron chi connectivity index (χ0n) is 12.2. The van der Waals surface area contributed by atoms with E-state index in [4.69, 9.17) is 11.1 Å². The average Bonchev–Trinajstić information content (AvgIpc) is 2.52. The van der Waals surface area contributed by atoms with Crippen LogP contribution in [0, 0.1) is 11.3 Å². The van der Waals surface area contributed by atoms with Crippen LogP contribution in [0.5, 0.6) is 0 Å². The van der Waals surface area contributed by atoms with Crippen LogP contribution in [-0.2, 0) is 19.2 Å². The number of likely N-dealkylation sites (tertiary alicyclic amines) is 1. The Morgan fingerprint density at radius 2 is 2.14 bits per heavy atom. The first-order valence-corrected chi connectivity index (χ1v) is 7.03. The molecule has 5 N–H and O–H groups in total. The number of amides is 2. The van der Waals surface area contributed by atoms with Crippen molar-refractivity contribution in [1.29, 1.82) is 5.41 Å². The number of rotatable bonds is 7. The van der Waals surface area contributed by atoms with E-state index < -0.39 is 11.9 Å². The van der Waals surface area contributed by atoms with Crippen LogP contribution in [-0.4, -0.2) is 60.9 Å². The average molecular weight is 311 g/mol. The summed E-state index contributed by atoms with van der Waals surface area (Å²) < 4.78 is 0. The molecule has 0 saturated carbocycles. The van der Waals surface area contributed by atoms with Crippen molar-refractivity contribution < 1.29 is 19.2 Å². The molecule has 122 valence electrons. The van der Waals surface area contributed by atoms with Crippen LogP contribution in [0.1, 0.15) is 19.3 Å². The molecule has 1 rings (SSSR count). The minimum Gasteiger partial charge on any atom is -0.370 e. The number of nitrogens with one attached hydrogen (secondary N) is 3. The van der Waals surface area contributed by atoms with Gasteiger partial charge >= 0.3 is 0 Å². The van der Waals surface area contributed by atoms with Crippen molar-refractivity contribution in [3.63, 3.8) is 0 Å². The second kappa shape index (κ2) is 8.75. The molecule has 1 aliphatic heterocycles. The van der Waals surface area contributed by atoms with Gasteiger partial charge < -0.3 is 30.9 Å². The number of carbonyl (C=O) groups excluding carboxylic acids is 4. The fourth-order valence-corrected chi connectivity index (χ4v) is 2.23. The van der Waals surface area contributed by atoms with E-state index in [1.807, 2.05) is 0 Å². The van der Waals surface area contributed by atoms with E-state index in [1.165, 1.54) is 0 Å². The van der Waals surface area contributed by atoms with Crippen molar-refractivity contribution in [2.24, 2.45) is 11.7 Å². The lowest BCUT2D eigenvalue weighted by Gasteiger charge is -2.32. The highest BCUT2D eigenvalue weighted by Gasteiger charge is 2.26. The summed E-state index contributed by atoms with van der Waals surface area (Å²) in [7, 11) is 0. The second-order valence-corrected chi connectivity index (χ2v) is 5.10. The molecule has 1 heterocycles. The fourth-order valence-electron chi connectivity index (χ4n) is 2.23. The van der Waals surface area contributed by atoms with Crippen LogP contribution < -0.4 is 16.4 Å². The van der Waals surface area contributed by atoms with Gasteiger partial charge in [-0.1, -0.05) is 0 Å². The standard InChI is InChI=1S/C13H21N5O4/c14-13(15)18-4-1-2-9(7-18)12(22)16-6-11(21)17-10(8-20)3-5-19/h5,8-10H,1-4,6-7H2,(H3,14,15)(H,16,22)(H,17,21)/t9?,10-/m0/s1. The number of aldehydes is 2. The van der Waals surface area contributed by atoms with Crippen molar-refractivity contribution >= 4 is 30.3 Å². The van der Waals surface area contributed by atoms with Crippen molar-refractivity contribution in [3.05, 3.63) is 0 Å². The molecule has 2 atom stereocenters. The molecule has 9 heteroatoms. The minimum atomic E-state index is -0.871. The van der Waals surface area contributed by atoms with Gasteiger partial charge in [-0.3, -0.25) is 15.0 Å². The molecule has 1 fully saturated rings. The zero-order valence-corrected chi connectivity index (χ0v) is 12.2. The van der Waals surface area contributed by atoms with Gasteiger partial charge in [-0.05, 0) is 12.8 Å². The van der Waals surface area contributed by atoms with Crippen LogP contribution in [0.15, 0.2) is 0 Å². The largest absolute Gasteiger partial charge is 0.370 e. The maximum absolute atomic E-state index is 12.0. The molecule has 0 aromatic carbocycles. The summed E-state index contributed by atoms with van der Waals surface area (Å²) in [6.07, 6.45) is 2.32. The smallest absolute Gasteiger partial charge is 0.239 e. The monoisotopic (exact) mass is 311 g/mol. The van der Waals surface area contributed by atoms with Crippen LogP contribution in [0.2, 0.25) is 0 Å². The number of piperidine rings is 1. The molecule has 0 aromatic rings. The maximum Gasteiger partial charge on any atom is 0.239 e. The lowest BCUT2D eigenvalue weighted by atomic mass is 9.97. The minimum absolute atomic E-state index is 0.0714. The Balaban J connectivity index is 2.38. The van der Waals surface area contributed by atoms with Crippen molar-refractivity contribution in [2.45, 2.75) is 25.3 Å². The number of carbonyl (C=O) groups is 4. The van der Waals surface area contributed by atoms with Gasteiger partial charge in [-0.2, -0.15) is 0 Å². The number of hydrogen-bond acceptors (Lipinski definition) is 5. The van der Waals surface area contributed by atoms with E-state index in [1.54, 1.807) is 4.90 Å². The highest BCUT2D eigenvalue weighted by molar-refractivity contribution is 5.88. The fraction of sp³-hybridized carbons (Fsp3) is 0.615. The topological polar surface area (TPSA) is 145 Å². The third-order valence-electron chi connectivity index (χ3n) is 3.42. The van der Waals surface area contributed by atoms with Gasteiger partial charge in [-0.15, -0.1) is 0 Å². The van der Waals surface area contributed by atoms with Gasteiger partial charge in [0.05, 0.1) is 18.5 Å². The Hall–Kier alpha value is -2.45. The van der Waals surface area contributed by atoms with E-state index in [-0.39, 0.29) is 30.8 Å². The summed E-state index contributed by atoms with van der Waals surface area (Å²) in [5.74, 6) is -1.23. The first-order valence-electron chi connectivity index (χ1n) is 7.03. The first-order chi connectivity index (χ1) is 10.5. The molecular weight excluding hydrogens is 290 g/mol. The summed E-state index contributed by atoms with van der Waals surface area (Å²) in [4.78, 5) is 46.1. The Labute approximate surface area is 128 Å². The summed E-state index contributed by atoms with van der Waals surface area (Å²) in [5.41, 5.74) is 5.40. The predicted octanol–water partition coefficient (Wildman–Crippen LogP) is -2.02. The SMILES string of the molecule is N=C(N)N1CCCC(C(=O)NCC(=O)N[C@H](C=O)CC=O)C1. The predicted molar refractivity (Wildman–Crippen MR) is 77.9 cm³/mol. The van der Waals surface area contributed by atoms with Gasteiger partial charge in [0.2, 0.25) is 11.8 Å². The summed E-state index contributed by atoms with van der Waals surface area (Å²) >= 11 is 0. The third-order valence-corrected chi connectivity index (χ3v) is 3.42.